The van der Waals surface area contributed by atoms with Gasteiger partial charge in [0.1, 0.15) is 0 Å². The average molecular weight is 298 g/mol. The van der Waals surface area contributed by atoms with Crippen molar-refractivity contribution >= 4 is 11.9 Å². The summed E-state index contributed by atoms with van der Waals surface area (Å²) in [6.45, 7) is 7.34. The second-order valence-electron chi connectivity index (χ2n) is 7.50. The summed E-state index contributed by atoms with van der Waals surface area (Å²) in [4.78, 5) is 23.1. The molecule has 0 aromatic carbocycles. The van der Waals surface area contributed by atoms with Crippen molar-refractivity contribution in [3.8, 4) is 0 Å². The predicted octanol–water partition coefficient (Wildman–Crippen LogP) is 2.00. The van der Waals surface area contributed by atoms with Gasteiger partial charge in [-0.1, -0.05) is 20.8 Å². The lowest BCUT2D eigenvalue weighted by Gasteiger charge is -2.28. The van der Waals surface area contributed by atoms with Crippen LogP contribution < -0.4 is 11.1 Å². The first-order valence-corrected chi connectivity index (χ1v) is 7.93. The summed E-state index contributed by atoms with van der Waals surface area (Å²) in [5.74, 6) is -0.591. The van der Waals surface area contributed by atoms with E-state index in [0.717, 1.165) is 32.1 Å². The molecule has 1 atom stereocenters. The minimum Gasteiger partial charge on any atom is -0.481 e. The van der Waals surface area contributed by atoms with Crippen molar-refractivity contribution in [2.45, 2.75) is 52.9 Å². The highest BCUT2D eigenvalue weighted by Crippen LogP contribution is 2.29. The molecule has 1 rings (SSSR count). The fourth-order valence-corrected chi connectivity index (χ4v) is 3.03. The van der Waals surface area contributed by atoms with Gasteiger partial charge in [0.15, 0.2) is 0 Å². The maximum Gasteiger partial charge on any atom is 0.306 e. The summed E-state index contributed by atoms with van der Waals surface area (Å²) < 4.78 is 0. The van der Waals surface area contributed by atoms with Crippen LogP contribution in [0.1, 0.15) is 52.9 Å². The predicted molar refractivity (Wildman–Crippen MR) is 82.7 cm³/mol. The van der Waals surface area contributed by atoms with E-state index >= 15 is 0 Å². The Balaban J connectivity index is 2.34. The van der Waals surface area contributed by atoms with Crippen LogP contribution in [0.2, 0.25) is 0 Å². The zero-order valence-electron chi connectivity index (χ0n) is 13.5. The van der Waals surface area contributed by atoms with Gasteiger partial charge in [-0.2, -0.15) is 0 Å². The van der Waals surface area contributed by atoms with E-state index < -0.39 is 5.97 Å². The van der Waals surface area contributed by atoms with Crippen LogP contribution in [0.15, 0.2) is 0 Å². The largest absolute Gasteiger partial charge is 0.481 e. The normalized spacial score (nSPS) is 24.4. The van der Waals surface area contributed by atoms with Gasteiger partial charge in [-0.05, 0) is 43.4 Å². The molecule has 0 radical (unpaired) electrons. The van der Waals surface area contributed by atoms with Crippen LogP contribution in [0.25, 0.3) is 0 Å². The van der Waals surface area contributed by atoms with Crippen LogP contribution in [-0.2, 0) is 9.59 Å². The zero-order chi connectivity index (χ0) is 16.0. The molecule has 1 unspecified atom stereocenters. The lowest BCUT2D eigenvalue weighted by Crippen LogP contribution is -2.40. The van der Waals surface area contributed by atoms with Gasteiger partial charge in [0.05, 0.1) is 11.8 Å². The number of nitrogens with one attached hydrogen (secondary N) is 1. The molecule has 1 amide bonds. The molecule has 5 nitrogen and oxygen atoms in total. The minimum atomic E-state index is -0.689. The van der Waals surface area contributed by atoms with E-state index in [1.165, 1.54) is 0 Å². The third-order valence-corrected chi connectivity index (χ3v) is 4.28. The van der Waals surface area contributed by atoms with Gasteiger partial charge in [0.25, 0.3) is 0 Å². The third-order valence-electron chi connectivity index (χ3n) is 4.28. The van der Waals surface area contributed by atoms with Crippen molar-refractivity contribution in [2.24, 2.45) is 28.9 Å². The minimum absolute atomic E-state index is 0.0350. The molecule has 0 heterocycles. The molecule has 5 heteroatoms. The number of rotatable bonds is 6. The molecule has 1 saturated carbocycles. The summed E-state index contributed by atoms with van der Waals surface area (Å²) >= 11 is 0. The van der Waals surface area contributed by atoms with E-state index in [0.29, 0.717) is 19.0 Å². The first-order chi connectivity index (χ1) is 9.73. The maximum atomic E-state index is 12.2. The van der Waals surface area contributed by atoms with Crippen LogP contribution >= 0.6 is 0 Å². The first kappa shape index (κ1) is 18.0. The Morgan fingerprint density at radius 3 is 2.24 bits per heavy atom. The summed E-state index contributed by atoms with van der Waals surface area (Å²) in [6, 6.07) is 0. The van der Waals surface area contributed by atoms with Crippen molar-refractivity contribution < 1.29 is 14.7 Å². The topological polar surface area (TPSA) is 92.4 Å². The molecule has 0 aromatic heterocycles. The quantitative estimate of drug-likeness (QED) is 0.699. The third kappa shape index (κ3) is 6.46. The number of carboxylic acids is 1. The van der Waals surface area contributed by atoms with E-state index in [-0.39, 0.29) is 23.2 Å². The summed E-state index contributed by atoms with van der Waals surface area (Å²) in [5, 5.41) is 12.0. The summed E-state index contributed by atoms with van der Waals surface area (Å²) in [7, 11) is 0. The second-order valence-corrected chi connectivity index (χ2v) is 7.50. The van der Waals surface area contributed by atoms with Gasteiger partial charge >= 0.3 is 5.97 Å². The molecule has 0 bridgehead atoms. The Morgan fingerprint density at radius 2 is 1.81 bits per heavy atom. The van der Waals surface area contributed by atoms with Gasteiger partial charge in [0, 0.05) is 13.1 Å². The highest BCUT2D eigenvalue weighted by Gasteiger charge is 2.27. The molecule has 0 aliphatic heterocycles. The molecule has 1 aliphatic carbocycles. The number of carbonyl (C=O) groups is 2. The number of carbonyl (C=O) groups excluding carboxylic acids is 1. The molecule has 0 saturated heterocycles. The Hall–Kier alpha value is -1.10. The van der Waals surface area contributed by atoms with E-state index in [1.807, 2.05) is 0 Å². The lowest BCUT2D eigenvalue weighted by atomic mass is 9.81. The van der Waals surface area contributed by atoms with E-state index in [2.05, 4.69) is 26.1 Å². The van der Waals surface area contributed by atoms with E-state index in [4.69, 9.17) is 10.8 Å². The number of nitrogens with two attached hydrogens (primary N) is 1. The smallest absolute Gasteiger partial charge is 0.306 e. The summed E-state index contributed by atoms with van der Waals surface area (Å²) in [5.41, 5.74) is 5.80. The maximum absolute atomic E-state index is 12.2. The van der Waals surface area contributed by atoms with Gasteiger partial charge in [-0.15, -0.1) is 0 Å². The van der Waals surface area contributed by atoms with Gasteiger partial charge in [-0.25, -0.2) is 0 Å². The Morgan fingerprint density at radius 1 is 1.24 bits per heavy atom. The van der Waals surface area contributed by atoms with Gasteiger partial charge in [-0.3, -0.25) is 9.59 Å². The molecular formula is C16H30N2O3. The van der Waals surface area contributed by atoms with Crippen molar-refractivity contribution in [1.29, 1.82) is 0 Å². The van der Waals surface area contributed by atoms with Crippen molar-refractivity contribution in [2.75, 3.05) is 13.1 Å². The number of aliphatic carboxylic acids is 1. The summed E-state index contributed by atoms with van der Waals surface area (Å²) in [6.07, 6.45) is 3.98. The molecule has 0 aromatic rings. The van der Waals surface area contributed by atoms with Crippen LogP contribution in [0.4, 0.5) is 0 Å². The monoisotopic (exact) mass is 298 g/mol. The standard InChI is InChI=1S/C16H30N2O3/c1-16(2,3)8-13(9-17)14(19)18-10-11-4-6-12(7-5-11)15(20)21/h11-13H,4-10,17H2,1-3H3,(H,18,19)(H,20,21). The lowest BCUT2D eigenvalue weighted by molar-refractivity contribution is -0.143. The van der Waals surface area contributed by atoms with Crippen molar-refractivity contribution in [3.63, 3.8) is 0 Å². The SMILES string of the molecule is CC(C)(C)CC(CN)C(=O)NCC1CCC(C(=O)O)CC1. The molecule has 1 aliphatic rings. The number of hydrogen-bond acceptors (Lipinski definition) is 3. The second kappa shape index (κ2) is 7.78. The van der Waals surface area contributed by atoms with E-state index in [1.54, 1.807) is 0 Å². The van der Waals surface area contributed by atoms with Crippen molar-refractivity contribution in [3.05, 3.63) is 0 Å². The van der Waals surface area contributed by atoms with Crippen LogP contribution in [0, 0.1) is 23.2 Å². The Kier molecular flexibility index (Phi) is 6.65. The Bertz CT molecular complexity index is 355. The van der Waals surface area contributed by atoms with Crippen LogP contribution in [-0.4, -0.2) is 30.1 Å². The van der Waals surface area contributed by atoms with Crippen molar-refractivity contribution in [1.82, 2.24) is 5.32 Å². The number of hydrogen-bond donors (Lipinski definition) is 3. The van der Waals surface area contributed by atoms with E-state index in [9.17, 15) is 9.59 Å². The first-order valence-electron chi connectivity index (χ1n) is 7.93. The highest BCUT2D eigenvalue weighted by atomic mass is 16.4. The van der Waals surface area contributed by atoms with Gasteiger partial charge < -0.3 is 16.2 Å². The van der Waals surface area contributed by atoms with Crippen LogP contribution in [0.3, 0.4) is 0 Å². The Labute approximate surface area is 127 Å². The molecule has 0 spiro atoms. The van der Waals surface area contributed by atoms with Gasteiger partial charge in [0.2, 0.25) is 5.91 Å². The highest BCUT2D eigenvalue weighted by molar-refractivity contribution is 5.78. The van der Waals surface area contributed by atoms with Crippen LogP contribution in [0.5, 0.6) is 0 Å². The fourth-order valence-electron chi connectivity index (χ4n) is 3.03. The molecule has 4 N–H and O–H groups in total. The zero-order valence-corrected chi connectivity index (χ0v) is 13.5. The number of amides is 1. The average Bonchev–Trinajstić information content (AvgIpc) is 2.41. The molecule has 122 valence electrons. The number of carboxylic acid groups (broad SMARTS) is 1. The molecule has 1 fully saturated rings. The fraction of sp³-hybridized carbons (Fsp3) is 0.875. The molecule has 21 heavy (non-hydrogen) atoms. The molecular weight excluding hydrogens is 268 g/mol.